The Morgan fingerprint density at radius 2 is 2.00 bits per heavy atom. The number of aromatic hydroxyl groups is 1. The molecule has 0 amide bonds. The van der Waals surface area contributed by atoms with E-state index in [0.717, 1.165) is 11.3 Å². The Morgan fingerprint density at radius 1 is 1.19 bits per heavy atom. The standard InChI is InChI=1S/C23H23ClN2O5/c1-14-10-16(22(28)20(24)11-14)13-26-18-5-6-19(21(12-18)31-15(2)27)23(29)30-9-7-17-4-3-8-25-17/h3-6,8,10-12,25-26,28H,7,9,13H2,1-2H3. The van der Waals surface area contributed by atoms with Gasteiger partial charge in [0.1, 0.15) is 17.1 Å². The van der Waals surface area contributed by atoms with Crippen molar-refractivity contribution >= 4 is 29.2 Å². The predicted octanol–water partition coefficient (Wildman–Crippen LogP) is 4.62. The highest BCUT2D eigenvalue weighted by atomic mass is 35.5. The number of nitrogens with one attached hydrogen (secondary N) is 2. The van der Waals surface area contributed by atoms with Gasteiger partial charge < -0.3 is 24.9 Å². The van der Waals surface area contributed by atoms with Crippen molar-refractivity contribution in [1.82, 2.24) is 4.98 Å². The van der Waals surface area contributed by atoms with Crippen molar-refractivity contribution in [2.75, 3.05) is 11.9 Å². The number of phenols is 1. The van der Waals surface area contributed by atoms with E-state index in [1.807, 2.05) is 25.1 Å². The molecule has 0 saturated carbocycles. The first-order chi connectivity index (χ1) is 14.8. The molecule has 1 heterocycles. The van der Waals surface area contributed by atoms with Gasteiger partial charge in [-0.05, 0) is 42.8 Å². The quantitative estimate of drug-likeness (QED) is 0.347. The molecule has 0 bridgehead atoms. The highest BCUT2D eigenvalue weighted by molar-refractivity contribution is 6.32. The maximum absolute atomic E-state index is 12.5. The number of H-pyrrole nitrogens is 1. The number of aromatic nitrogens is 1. The zero-order valence-electron chi connectivity index (χ0n) is 17.2. The summed E-state index contributed by atoms with van der Waals surface area (Å²) in [6.07, 6.45) is 2.34. The van der Waals surface area contributed by atoms with E-state index in [4.69, 9.17) is 21.1 Å². The lowest BCUT2D eigenvalue weighted by Crippen LogP contribution is -2.12. The SMILES string of the molecule is CC(=O)Oc1cc(NCc2cc(C)cc(Cl)c2O)ccc1C(=O)OCCc1ccc[nH]1. The van der Waals surface area contributed by atoms with Crippen LogP contribution in [0.1, 0.15) is 34.1 Å². The fourth-order valence-electron chi connectivity index (χ4n) is 3.03. The number of phenolic OH excluding ortho intramolecular Hbond substituents is 1. The number of halogens is 1. The van der Waals surface area contributed by atoms with Gasteiger partial charge in [0, 0.05) is 49.1 Å². The minimum atomic E-state index is -0.586. The predicted molar refractivity (Wildman–Crippen MR) is 118 cm³/mol. The first-order valence-electron chi connectivity index (χ1n) is 9.67. The van der Waals surface area contributed by atoms with E-state index < -0.39 is 11.9 Å². The molecule has 7 nitrogen and oxygen atoms in total. The molecule has 0 spiro atoms. The molecule has 8 heteroatoms. The molecule has 0 fully saturated rings. The van der Waals surface area contributed by atoms with Crippen LogP contribution in [-0.2, 0) is 22.5 Å². The molecular formula is C23H23ClN2O5. The van der Waals surface area contributed by atoms with Crippen LogP contribution in [0, 0.1) is 6.92 Å². The summed E-state index contributed by atoms with van der Waals surface area (Å²) in [5, 5.41) is 13.5. The lowest BCUT2D eigenvalue weighted by Gasteiger charge is -2.13. The molecule has 3 N–H and O–H groups in total. The van der Waals surface area contributed by atoms with E-state index in [0.29, 0.717) is 17.7 Å². The number of carbonyl (C=O) groups excluding carboxylic acids is 2. The number of aromatic amines is 1. The van der Waals surface area contributed by atoms with E-state index in [1.165, 1.54) is 19.1 Å². The van der Waals surface area contributed by atoms with E-state index in [1.54, 1.807) is 18.3 Å². The van der Waals surface area contributed by atoms with E-state index in [-0.39, 0.29) is 35.2 Å². The zero-order chi connectivity index (χ0) is 22.4. The second-order valence-corrected chi connectivity index (χ2v) is 7.40. The Labute approximate surface area is 185 Å². The van der Waals surface area contributed by atoms with E-state index in [9.17, 15) is 14.7 Å². The molecule has 162 valence electrons. The summed E-state index contributed by atoms with van der Waals surface area (Å²) in [5.41, 5.74) is 3.22. The van der Waals surface area contributed by atoms with Crippen molar-refractivity contribution in [3.63, 3.8) is 0 Å². The molecule has 0 radical (unpaired) electrons. The van der Waals surface area contributed by atoms with E-state index in [2.05, 4.69) is 10.3 Å². The number of hydrogen-bond donors (Lipinski definition) is 3. The highest BCUT2D eigenvalue weighted by Gasteiger charge is 2.17. The van der Waals surface area contributed by atoms with Crippen molar-refractivity contribution in [1.29, 1.82) is 0 Å². The summed E-state index contributed by atoms with van der Waals surface area (Å²) in [4.78, 5) is 27.1. The Kier molecular flexibility index (Phi) is 7.20. The first-order valence-corrected chi connectivity index (χ1v) is 10.0. The van der Waals surface area contributed by atoms with Gasteiger partial charge in [0.25, 0.3) is 0 Å². The summed E-state index contributed by atoms with van der Waals surface area (Å²) in [7, 11) is 0. The van der Waals surface area contributed by atoms with Crippen LogP contribution in [-0.4, -0.2) is 28.6 Å². The smallest absolute Gasteiger partial charge is 0.341 e. The van der Waals surface area contributed by atoms with Gasteiger partial charge in [0.15, 0.2) is 0 Å². The van der Waals surface area contributed by atoms with Crippen LogP contribution in [0.5, 0.6) is 11.5 Å². The molecule has 0 aliphatic heterocycles. The minimum absolute atomic E-state index is 0.00208. The molecule has 31 heavy (non-hydrogen) atoms. The number of carbonyl (C=O) groups is 2. The Balaban J connectivity index is 1.71. The van der Waals surface area contributed by atoms with Gasteiger partial charge in [0.2, 0.25) is 0 Å². The number of benzene rings is 2. The summed E-state index contributed by atoms with van der Waals surface area (Å²) < 4.78 is 10.5. The van der Waals surface area contributed by atoms with Gasteiger partial charge >= 0.3 is 11.9 Å². The molecule has 2 aromatic carbocycles. The largest absolute Gasteiger partial charge is 0.506 e. The fourth-order valence-corrected chi connectivity index (χ4v) is 3.33. The molecule has 0 saturated heterocycles. The average Bonchev–Trinajstić information content (AvgIpc) is 3.22. The van der Waals surface area contributed by atoms with Crippen molar-refractivity contribution in [2.45, 2.75) is 26.8 Å². The normalized spacial score (nSPS) is 10.5. The summed E-state index contributed by atoms with van der Waals surface area (Å²) in [6, 6.07) is 12.0. The van der Waals surface area contributed by atoms with Gasteiger partial charge in [-0.2, -0.15) is 0 Å². The molecule has 3 aromatic rings. The van der Waals surface area contributed by atoms with Crippen molar-refractivity contribution in [3.8, 4) is 11.5 Å². The third-order valence-corrected chi connectivity index (χ3v) is 4.78. The van der Waals surface area contributed by atoms with Gasteiger partial charge in [-0.15, -0.1) is 0 Å². The van der Waals surface area contributed by atoms with E-state index >= 15 is 0 Å². The second kappa shape index (κ2) is 10.0. The molecular weight excluding hydrogens is 420 g/mol. The maximum Gasteiger partial charge on any atom is 0.341 e. The number of aryl methyl sites for hydroxylation is 1. The Morgan fingerprint density at radius 3 is 2.71 bits per heavy atom. The average molecular weight is 443 g/mol. The lowest BCUT2D eigenvalue weighted by atomic mass is 10.1. The Bertz CT molecular complexity index is 1080. The molecule has 0 unspecified atom stereocenters. The van der Waals surface area contributed by atoms with Crippen LogP contribution >= 0.6 is 11.6 Å². The van der Waals surface area contributed by atoms with Crippen molar-refractivity contribution in [3.05, 3.63) is 76.1 Å². The number of ether oxygens (including phenoxy) is 2. The first kappa shape index (κ1) is 22.2. The molecule has 0 atom stereocenters. The van der Waals surface area contributed by atoms with Crippen molar-refractivity contribution < 1.29 is 24.2 Å². The van der Waals surface area contributed by atoms with Crippen LogP contribution in [0.15, 0.2) is 48.7 Å². The molecule has 1 aromatic heterocycles. The highest BCUT2D eigenvalue weighted by Crippen LogP contribution is 2.30. The van der Waals surface area contributed by atoms with Crippen LogP contribution in [0.2, 0.25) is 5.02 Å². The third-order valence-electron chi connectivity index (χ3n) is 4.49. The van der Waals surface area contributed by atoms with Gasteiger partial charge in [-0.25, -0.2) is 4.79 Å². The van der Waals surface area contributed by atoms with Crippen LogP contribution < -0.4 is 10.1 Å². The van der Waals surface area contributed by atoms with Gasteiger partial charge in [0.05, 0.1) is 11.6 Å². The van der Waals surface area contributed by atoms with Crippen LogP contribution in [0.3, 0.4) is 0 Å². The topological polar surface area (TPSA) is 101 Å². The van der Waals surface area contributed by atoms with Crippen molar-refractivity contribution in [2.24, 2.45) is 0 Å². The Hall–Kier alpha value is -3.45. The molecule has 3 rings (SSSR count). The minimum Gasteiger partial charge on any atom is -0.506 e. The zero-order valence-corrected chi connectivity index (χ0v) is 18.0. The molecule has 0 aliphatic rings. The number of hydrogen-bond acceptors (Lipinski definition) is 6. The van der Waals surface area contributed by atoms with Gasteiger partial charge in [-0.1, -0.05) is 17.7 Å². The monoisotopic (exact) mass is 442 g/mol. The van der Waals surface area contributed by atoms with Crippen LogP contribution in [0.4, 0.5) is 5.69 Å². The summed E-state index contributed by atoms with van der Waals surface area (Å²) in [5.74, 6) is -1.05. The fraction of sp³-hybridized carbons (Fsp3) is 0.217. The summed E-state index contributed by atoms with van der Waals surface area (Å²) in [6.45, 7) is 3.61. The number of esters is 2. The number of rotatable bonds is 8. The van der Waals surface area contributed by atoms with Gasteiger partial charge in [-0.3, -0.25) is 4.79 Å². The van der Waals surface area contributed by atoms with Crippen LogP contribution in [0.25, 0.3) is 0 Å². The summed E-state index contributed by atoms with van der Waals surface area (Å²) >= 11 is 6.02. The second-order valence-electron chi connectivity index (χ2n) is 6.99. The lowest BCUT2D eigenvalue weighted by molar-refractivity contribution is -0.131. The number of anilines is 1. The molecule has 0 aliphatic carbocycles. The maximum atomic E-state index is 12.5. The third kappa shape index (κ3) is 6.02.